The van der Waals surface area contributed by atoms with E-state index in [1.54, 1.807) is 24.3 Å². The van der Waals surface area contributed by atoms with Gasteiger partial charge in [0.15, 0.2) is 5.69 Å². The summed E-state index contributed by atoms with van der Waals surface area (Å²) in [4.78, 5) is 31.5. The number of amides is 2. The van der Waals surface area contributed by atoms with Crippen molar-refractivity contribution in [3.8, 4) is 23.0 Å². The summed E-state index contributed by atoms with van der Waals surface area (Å²) in [6.45, 7) is 4.20. The summed E-state index contributed by atoms with van der Waals surface area (Å²) in [5.41, 5.74) is -2.76. The van der Waals surface area contributed by atoms with Gasteiger partial charge in [0.1, 0.15) is 35.2 Å². The Kier molecular flexibility index (Phi) is 8.71. The standard InChI is InChI=1S/C39H34F7N5O3/c1-19-20(2)38(42,43)34-31(19)33(39(44,45)46)50-51(34)18-30(52)48-29(15-21-13-23(40)17-24(41)14-21)32-26(7-6-25(47-32)9-10-36(3,4)54)22-5-8-28-27(16-22)35(53)49-37(28)11-12-37/h5-8,13-14,16-17,19-20,29,54H,11-12,15,18H2,1-4H3,(H,48,52)(H,49,53)/t19-,20+,29-/m0/s1. The first-order valence-electron chi connectivity index (χ1n) is 17.2. The van der Waals surface area contributed by atoms with E-state index in [0.29, 0.717) is 27.4 Å². The fraction of sp³-hybridized carbons (Fsp3) is 0.385. The van der Waals surface area contributed by atoms with Gasteiger partial charge in [-0.1, -0.05) is 31.9 Å². The molecule has 2 amide bonds. The minimum absolute atomic E-state index is 0.0519. The van der Waals surface area contributed by atoms with E-state index in [1.807, 2.05) is 0 Å². The molecule has 15 heteroatoms. The fourth-order valence-electron chi connectivity index (χ4n) is 7.38. The zero-order chi connectivity index (χ0) is 39.1. The molecule has 3 atom stereocenters. The van der Waals surface area contributed by atoms with Gasteiger partial charge >= 0.3 is 6.18 Å². The highest BCUT2D eigenvalue weighted by atomic mass is 19.4. The quantitative estimate of drug-likeness (QED) is 0.139. The maximum absolute atomic E-state index is 15.5. The van der Waals surface area contributed by atoms with Crippen LogP contribution in [0, 0.1) is 29.4 Å². The van der Waals surface area contributed by atoms with Crippen LogP contribution in [-0.2, 0) is 35.4 Å². The van der Waals surface area contributed by atoms with Gasteiger partial charge in [0.2, 0.25) is 5.91 Å². The van der Waals surface area contributed by atoms with E-state index >= 15 is 8.78 Å². The molecule has 4 aromatic rings. The maximum Gasteiger partial charge on any atom is 0.435 e. The molecular weight excluding hydrogens is 719 g/mol. The number of carbonyl (C=O) groups is 2. The molecule has 0 unspecified atom stereocenters. The van der Waals surface area contributed by atoms with E-state index in [2.05, 4.69) is 32.6 Å². The molecular formula is C39H34F7N5O3. The molecule has 282 valence electrons. The number of pyridine rings is 1. The van der Waals surface area contributed by atoms with Crippen molar-refractivity contribution in [1.29, 1.82) is 0 Å². The number of nitrogens with zero attached hydrogens (tertiary/aromatic N) is 3. The van der Waals surface area contributed by atoms with E-state index < -0.39 is 82.2 Å². The van der Waals surface area contributed by atoms with Crippen molar-refractivity contribution in [3.63, 3.8) is 0 Å². The van der Waals surface area contributed by atoms with E-state index in [0.717, 1.165) is 37.5 Å². The molecule has 0 saturated heterocycles. The van der Waals surface area contributed by atoms with Crippen molar-refractivity contribution in [2.75, 3.05) is 0 Å². The van der Waals surface area contributed by atoms with Crippen molar-refractivity contribution in [3.05, 3.63) is 105 Å². The van der Waals surface area contributed by atoms with Gasteiger partial charge in [0, 0.05) is 28.7 Å². The minimum Gasteiger partial charge on any atom is -0.378 e. The molecule has 3 N–H and O–H groups in total. The molecule has 7 rings (SSSR count). The number of alkyl halides is 5. The lowest BCUT2D eigenvalue weighted by molar-refractivity contribution is -0.143. The first-order chi connectivity index (χ1) is 25.2. The van der Waals surface area contributed by atoms with Crippen LogP contribution in [0.1, 0.15) is 102 Å². The molecule has 3 heterocycles. The number of benzene rings is 2. The molecule has 2 aromatic carbocycles. The van der Waals surface area contributed by atoms with Crippen LogP contribution in [0.3, 0.4) is 0 Å². The van der Waals surface area contributed by atoms with Gasteiger partial charge < -0.3 is 15.7 Å². The number of nitrogens with one attached hydrogen (secondary N) is 2. The molecule has 0 bridgehead atoms. The first-order valence-corrected chi connectivity index (χ1v) is 17.2. The highest BCUT2D eigenvalue weighted by Crippen LogP contribution is 2.55. The van der Waals surface area contributed by atoms with E-state index in [4.69, 9.17) is 0 Å². The van der Waals surface area contributed by atoms with Gasteiger partial charge in [0.25, 0.3) is 11.8 Å². The normalized spacial score (nSPS) is 19.8. The summed E-state index contributed by atoms with van der Waals surface area (Å²) in [7, 11) is 0. The summed E-state index contributed by atoms with van der Waals surface area (Å²) < 4.78 is 102. The predicted octanol–water partition coefficient (Wildman–Crippen LogP) is 7.04. The second kappa shape index (κ2) is 12.7. The summed E-state index contributed by atoms with van der Waals surface area (Å²) in [5, 5.41) is 19.3. The summed E-state index contributed by atoms with van der Waals surface area (Å²) in [5.74, 6) is -4.27. The topological polar surface area (TPSA) is 109 Å². The zero-order valence-electron chi connectivity index (χ0n) is 29.4. The van der Waals surface area contributed by atoms with Crippen LogP contribution >= 0.6 is 0 Å². The van der Waals surface area contributed by atoms with Gasteiger partial charge in [-0.05, 0) is 92.0 Å². The fourth-order valence-corrected chi connectivity index (χ4v) is 7.38. The molecule has 1 saturated carbocycles. The zero-order valence-corrected chi connectivity index (χ0v) is 29.4. The lowest BCUT2D eigenvalue weighted by Crippen LogP contribution is -2.35. The van der Waals surface area contributed by atoms with Crippen molar-refractivity contribution >= 4 is 11.8 Å². The number of rotatable bonds is 7. The number of aromatic nitrogens is 3. The third-order valence-corrected chi connectivity index (χ3v) is 10.3. The van der Waals surface area contributed by atoms with Crippen LogP contribution in [-0.4, -0.2) is 37.3 Å². The van der Waals surface area contributed by atoms with Crippen LogP contribution in [0.15, 0.2) is 48.5 Å². The van der Waals surface area contributed by atoms with Gasteiger partial charge in [-0.2, -0.15) is 27.1 Å². The van der Waals surface area contributed by atoms with Crippen molar-refractivity contribution in [2.45, 2.75) is 88.7 Å². The minimum atomic E-state index is -5.08. The Hall–Kier alpha value is -5.23. The van der Waals surface area contributed by atoms with Gasteiger partial charge in [0.05, 0.1) is 17.3 Å². The second-order valence-corrected chi connectivity index (χ2v) is 14.8. The van der Waals surface area contributed by atoms with Crippen LogP contribution < -0.4 is 10.6 Å². The van der Waals surface area contributed by atoms with Crippen LogP contribution in [0.25, 0.3) is 11.1 Å². The van der Waals surface area contributed by atoms with E-state index in [9.17, 15) is 36.6 Å². The Morgan fingerprint density at radius 2 is 1.74 bits per heavy atom. The molecule has 0 radical (unpaired) electrons. The third kappa shape index (κ3) is 6.72. The van der Waals surface area contributed by atoms with Gasteiger partial charge in [-0.3, -0.25) is 14.3 Å². The summed E-state index contributed by atoms with van der Waals surface area (Å²) in [6, 6.07) is 9.73. The number of fused-ring (bicyclic) bond motifs is 3. The van der Waals surface area contributed by atoms with Gasteiger partial charge in [-0.15, -0.1) is 0 Å². The number of hydrogen-bond acceptors (Lipinski definition) is 5. The van der Waals surface area contributed by atoms with Crippen molar-refractivity contribution in [2.24, 2.45) is 5.92 Å². The smallest absolute Gasteiger partial charge is 0.378 e. The average Bonchev–Trinajstić information content (AvgIpc) is 3.60. The predicted molar refractivity (Wildman–Crippen MR) is 181 cm³/mol. The summed E-state index contributed by atoms with van der Waals surface area (Å²) >= 11 is 0. The highest BCUT2D eigenvalue weighted by Gasteiger charge is 2.57. The largest absolute Gasteiger partial charge is 0.435 e. The third-order valence-electron chi connectivity index (χ3n) is 10.3. The number of halogens is 7. The Bertz CT molecular complexity index is 2260. The highest BCUT2D eigenvalue weighted by molar-refractivity contribution is 6.01. The number of aliphatic hydroxyl groups is 1. The molecule has 54 heavy (non-hydrogen) atoms. The molecule has 8 nitrogen and oxygen atoms in total. The number of carbonyl (C=O) groups excluding carboxylic acids is 2. The van der Waals surface area contributed by atoms with Crippen molar-refractivity contribution in [1.82, 2.24) is 25.4 Å². The Labute approximate surface area is 305 Å². The second-order valence-electron chi connectivity index (χ2n) is 14.8. The Morgan fingerprint density at radius 3 is 2.37 bits per heavy atom. The van der Waals surface area contributed by atoms with Crippen LogP contribution in [0.4, 0.5) is 30.7 Å². The lowest BCUT2D eigenvalue weighted by atomic mass is 9.92. The molecule has 1 spiro atoms. The van der Waals surface area contributed by atoms with Crippen LogP contribution in [0.2, 0.25) is 0 Å². The Morgan fingerprint density at radius 1 is 1.06 bits per heavy atom. The summed E-state index contributed by atoms with van der Waals surface area (Å²) in [6.07, 6.45) is -3.86. The maximum atomic E-state index is 15.5. The first kappa shape index (κ1) is 37.1. The lowest BCUT2D eigenvalue weighted by Gasteiger charge is -2.23. The van der Waals surface area contributed by atoms with E-state index in [-0.39, 0.29) is 29.3 Å². The molecule has 1 fully saturated rings. The number of hydrogen-bond donors (Lipinski definition) is 3. The van der Waals surface area contributed by atoms with Crippen LogP contribution in [0.5, 0.6) is 0 Å². The van der Waals surface area contributed by atoms with Crippen molar-refractivity contribution < 1.29 is 45.4 Å². The Balaban J connectivity index is 1.34. The molecule has 2 aromatic heterocycles. The molecule has 1 aliphatic heterocycles. The average molecular weight is 754 g/mol. The SMILES string of the molecule is C[C@@H]1c2c(C(F)(F)F)nn(CC(=O)N[C@@H](Cc3cc(F)cc(F)c3)c3nc(C#CC(C)(C)O)ccc3-c3ccc4c(c3)C(=O)NC43CC3)c2C(F)(F)[C@@H]1C. The molecule has 3 aliphatic rings. The van der Waals surface area contributed by atoms with Gasteiger partial charge in [-0.25, -0.2) is 13.8 Å². The monoisotopic (exact) mass is 753 g/mol. The van der Waals surface area contributed by atoms with E-state index in [1.165, 1.54) is 26.8 Å². The molecule has 2 aliphatic carbocycles.